The Labute approximate surface area is 161 Å². The zero-order valence-electron chi connectivity index (χ0n) is 14.6. The number of benzene rings is 1. The standard InChI is InChI=1S/C19H19ClFN5O/c20-17-9-15-16(10-22-17)24-19(23-14-3-1-13(21)2-4-14)25-18(15)26-7-5-12(11-27)6-8-26/h1-4,9-10,12,27H,5-8,11H2,(H,23,24,25). The highest BCUT2D eigenvalue weighted by Gasteiger charge is 2.22. The Balaban J connectivity index is 1.71. The number of aliphatic hydroxyl groups excluding tert-OH is 1. The molecule has 1 saturated heterocycles. The predicted octanol–water partition coefficient (Wildman–Crippen LogP) is 3.77. The van der Waals surface area contributed by atoms with E-state index in [2.05, 4.69) is 20.2 Å². The van der Waals surface area contributed by atoms with Crippen molar-refractivity contribution in [3.63, 3.8) is 0 Å². The van der Waals surface area contributed by atoms with Crippen LogP contribution in [0.3, 0.4) is 0 Å². The highest BCUT2D eigenvalue weighted by Crippen LogP contribution is 2.30. The van der Waals surface area contributed by atoms with Gasteiger partial charge in [0.05, 0.1) is 11.7 Å². The smallest absolute Gasteiger partial charge is 0.229 e. The van der Waals surface area contributed by atoms with Crippen LogP contribution in [0.5, 0.6) is 0 Å². The van der Waals surface area contributed by atoms with E-state index in [1.165, 1.54) is 12.1 Å². The SMILES string of the molecule is OCC1CCN(c2nc(Nc3ccc(F)cc3)nc3cnc(Cl)cc23)CC1. The molecule has 2 N–H and O–H groups in total. The first-order chi connectivity index (χ1) is 13.1. The van der Waals surface area contributed by atoms with Crippen molar-refractivity contribution in [1.29, 1.82) is 0 Å². The van der Waals surface area contributed by atoms with Gasteiger partial charge in [0, 0.05) is 30.8 Å². The van der Waals surface area contributed by atoms with Crippen molar-refractivity contribution in [2.24, 2.45) is 5.92 Å². The average Bonchev–Trinajstić information content (AvgIpc) is 2.69. The monoisotopic (exact) mass is 387 g/mol. The summed E-state index contributed by atoms with van der Waals surface area (Å²) in [6, 6.07) is 7.80. The number of fused-ring (bicyclic) bond motifs is 1. The van der Waals surface area contributed by atoms with Crippen molar-refractivity contribution < 1.29 is 9.50 Å². The fourth-order valence-electron chi connectivity index (χ4n) is 3.28. The molecule has 0 saturated carbocycles. The number of piperidine rings is 1. The van der Waals surface area contributed by atoms with Gasteiger partial charge in [0.15, 0.2) is 0 Å². The number of rotatable bonds is 4. The van der Waals surface area contributed by atoms with Gasteiger partial charge in [-0.25, -0.2) is 14.4 Å². The average molecular weight is 388 g/mol. The number of hydrogen-bond donors (Lipinski definition) is 2. The minimum Gasteiger partial charge on any atom is -0.396 e. The van der Waals surface area contributed by atoms with Gasteiger partial charge in [0.2, 0.25) is 5.95 Å². The Kier molecular flexibility index (Phi) is 5.05. The molecule has 1 fully saturated rings. The molecule has 1 aliphatic rings. The summed E-state index contributed by atoms with van der Waals surface area (Å²) in [6.45, 7) is 1.81. The molecule has 6 nitrogen and oxygen atoms in total. The molecule has 0 bridgehead atoms. The van der Waals surface area contributed by atoms with Crippen LogP contribution in [-0.2, 0) is 0 Å². The summed E-state index contributed by atoms with van der Waals surface area (Å²) in [4.78, 5) is 15.5. The second-order valence-electron chi connectivity index (χ2n) is 6.64. The van der Waals surface area contributed by atoms with E-state index in [0.717, 1.165) is 37.1 Å². The van der Waals surface area contributed by atoms with Crippen molar-refractivity contribution in [3.8, 4) is 0 Å². The van der Waals surface area contributed by atoms with Gasteiger partial charge in [-0.15, -0.1) is 0 Å². The largest absolute Gasteiger partial charge is 0.396 e. The number of hydrogen-bond acceptors (Lipinski definition) is 6. The summed E-state index contributed by atoms with van der Waals surface area (Å²) in [5.74, 6) is 1.23. The molecule has 1 aliphatic heterocycles. The molecule has 0 amide bonds. The minimum absolute atomic E-state index is 0.214. The van der Waals surface area contributed by atoms with Gasteiger partial charge in [-0.1, -0.05) is 11.6 Å². The van der Waals surface area contributed by atoms with Crippen LogP contribution in [0, 0.1) is 11.7 Å². The molecule has 3 heterocycles. The van der Waals surface area contributed by atoms with E-state index in [0.29, 0.717) is 28.2 Å². The molecule has 0 radical (unpaired) electrons. The van der Waals surface area contributed by atoms with Crippen molar-refractivity contribution in [1.82, 2.24) is 15.0 Å². The van der Waals surface area contributed by atoms with Crippen LogP contribution in [0.2, 0.25) is 5.15 Å². The molecule has 3 aromatic rings. The van der Waals surface area contributed by atoms with E-state index >= 15 is 0 Å². The van der Waals surface area contributed by atoms with Crippen LogP contribution < -0.4 is 10.2 Å². The Bertz CT molecular complexity index is 945. The maximum Gasteiger partial charge on any atom is 0.229 e. The molecular weight excluding hydrogens is 369 g/mol. The second kappa shape index (κ2) is 7.62. The van der Waals surface area contributed by atoms with Crippen LogP contribution in [0.4, 0.5) is 21.8 Å². The molecule has 2 aromatic heterocycles. The highest BCUT2D eigenvalue weighted by atomic mass is 35.5. The van der Waals surface area contributed by atoms with Crippen molar-refractivity contribution >= 4 is 40.0 Å². The summed E-state index contributed by atoms with van der Waals surface area (Å²) < 4.78 is 13.1. The van der Waals surface area contributed by atoms with Crippen molar-refractivity contribution in [2.75, 3.05) is 29.9 Å². The number of nitrogens with one attached hydrogen (secondary N) is 1. The third-order valence-corrected chi connectivity index (χ3v) is 5.01. The molecule has 0 atom stereocenters. The van der Waals surface area contributed by atoms with Gasteiger partial charge >= 0.3 is 0 Å². The molecule has 1 aromatic carbocycles. The minimum atomic E-state index is -0.300. The number of halogens is 2. The van der Waals surface area contributed by atoms with E-state index in [9.17, 15) is 9.50 Å². The van der Waals surface area contributed by atoms with Crippen LogP contribution in [-0.4, -0.2) is 39.8 Å². The quantitative estimate of drug-likeness (QED) is 0.664. The molecule has 8 heteroatoms. The van der Waals surface area contributed by atoms with Crippen molar-refractivity contribution in [2.45, 2.75) is 12.8 Å². The first-order valence-electron chi connectivity index (χ1n) is 8.84. The lowest BCUT2D eigenvalue weighted by Crippen LogP contribution is -2.35. The maximum atomic E-state index is 13.1. The van der Waals surface area contributed by atoms with E-state index < -0.39 is 0 Å². The fourth-order valence-corrected chi connectivity index (χ4v) is 3.44. The lowest BCUT2D eigenvalue weighted by molar-refractivity contribution is 0.203. The number of aromatic nitrogens is 3. The number of aliphatic hydroxyl groups is 1. The van der Waals surface area contributed by atoms with Gasteiger partial charge in [-0.2, -0.15) is 4.98 Å². The van der Waals surface area contributed by atoms with Gasteiger partial charge in [0.25, 0.3) is 0 Å². The van der Waals surface area contributed by atoms with Gasteiger partial charge < -0.3 is 15.3 Å². The number of anilines is 3. The van der Waals surface area contributed by atoms with E-state index in [-0.39, 0.29) is 12.4 Å². The van der Waals surface area contributed by atoms with Crippen LogP contribution in [0.25, 0.3) is 10.9 Å². The summed E-state index contributed by atoms with van der Waals surface area (Å²) >= 11 is 6.09. The zero-order chi connectivity index (χ0) is 18.8. The lowest BCUT2D eigenvalue weighted by Gasteiger charge is -2.32. The van der Waals surface area contributed by atoms with E-state index in [1.807, 2.05) is 0 Å². The highest BCUT2D eigenvalue weighted by molar-refractivity contribution is 6.30. The Morgan fingerprint density at radius 3 is 2.63 bits per heavy atom. The molecule has 0 aliphatic carbocycles. The number of nitrogens with zero attached hydrogens (tertiary/aromatic N) is 4. The Morgan fingerprint density at radius 1 is 1.19 bits per heavy atom. The molecular formula is C19H19ClFN5O. The summed E-state index contributed by atoms with van der Waals surface area (Å²) in [5, 5.41) is 13.7. The van der Waals surface area contributed by atoms with Crippen LogP contribution >= 0.6 is 11.6 Å². The first kappa shape index (κ1) is 17.9. The molecule has 0 unspecified atom stereocenters. The molecule has 27 heavy (non-hydrogen) atoms. The Morgan fingerprint density at radius 2 is 1.93 bits per heavy atom. The fraction of sp³-hybridized carbons (Fsp3) is 0.316. The van der Waals surface area contributed by atoms with Crippen LogP contribution in [0.1, 0.15) is 12.8 Å². The van der Waals surface area contributed by atoms with Gasteiger partial charge in [-0.05, 0) is 49.1 Å². The normalized spacial score (nSPS) is 15.3. The molecule has 0 spiro atoms. The molecule has 4 rings (SSSR count). The van der Waals surface area contributed by atoms with E-state index in [4.69, 9.17) is 16.6 Å². The summed E-state index contributed by atoms with van der Waals surface area (Å²) in [5.41, 5.74) is 1.38. The predicted molar refractivity (Wildman–Crippen MR) is 104 cm³/mol. The zero-order valence-corrected chi connectivity index (χ0v) is 15.3. The van der Waals surface area contributed by atoms with E-state index in [1.54, 1.807) is 24.4 Å². The van der Waals surface area contributed by atoms with Gasteiger partial charge in [0.1, 0.15) is 16.8 Å². The first-order valence-corrected chi connectivity index (χ1v) is 9.22. The second-order valence-corrected chi connectivity index (χ2v) is 7.03. The number of pyridine rings is 1. The molecule has 140 valence electrons. The van der Waals surface area contributed by atoms with Crippen molar-refractivity contribution in [3.05, 3.63) is 47.5 Å². The third-order valence-electron chi connectivity index (χ3n) is 4.80. The topological polar surface area (TPSA) is 74.2 Å². The van der Waals surface area contributed by atoms with Gasteiger partial charge in [-0.3, -0.25) is 0 Å². The summed E-state index contributed by atoms with van der Waals surface area (Å²) in [6.07, 6.45) is 3.43. The third kappa shape index (κ3) is 3.94. The van der Waals surface area contributed by atoms with Crippen LogP contribution in [0.15, 0.2) is 36.5 Å². The lowest BCUT2D eigenvalue weighted by atomic mass is 9.98. The Hall–Kier alpha value is -2.51. The maximum absolute atomic E-state index is 13.1. The summed E-state index contributed by atoms with van der Waals surface area (Å²) in [7, 11) is 0.